The number of rotatable bonds is 4. The van der Waals surface area contributed by atoms with Crippen LogP contribution in [0.15, 0.2) is 20.7 Å². The molecule has 1 heterocycles. The Bertz CT molecular complexity index is 678. The van der Waals surface area contributed by atoms with Gasteiger partial charge in [-0.05, 0) is 25.3 Å². The van der Waals surface area contributed by atoms with Crippen LogP contribution in [0, 0.1) is 5.92 Å². The highest BCUT2D eigenvalue weighted by Crippen LogP contribution is 2.24. The van der Waals surface area contributed by atoms with Crippen LogP contribution in [0.5, 0.6) is 0 Å². The molecule has 0 bridgehead atoms. The molecule has 0 aliphatic heterocycles. The molecule has 20 heavy (non-hydrogen) atoms. The number of aromatic amines is 2. The van der Waals surface area contributed by atoms with E-state index in [1.165, 1.54) is 0 Å². The molecule has 2 rings (SSSR count). The van der Waals surface area contributed by atoms with E-state index in [4.69, 9.17) is 5.73 Å². The van der Waals surface area contributed by atoms with E-state index in [-0.39, 0.29) is 12.0 Å². The number of H-pyrrole nitrogens is 2. The number of sulfonamides is 1. The third-order valence-electron chi connectivity index (χ3n) is 3.59. The van der Waals surface area contributed by atoms with E-state index in [2.05, 4.69) is 9.71 Å². The molecule has 8 nitrogen and oxygen atoms in total. The van der Waals surface area contributed by atoms with Gasteiger partial charge < -0.3 is 10.7 Å². The van der Waals surface area contributed by atoms with Gasteiger partial charge in [0.05, 0.1) is 0 Å². The van der Waals surface area contributed by atoms with Crippen LogP contribution in [0.1, 0.15) is 25.7 Å². The Hall–Kier alpha value is -1.45. The quantitative estimate of drug-likeness (QED) is 0.557. The SMILES string of the molecule is NCC1CCCCC1NS(=O)(=O)c1c[nH]c(=O)[nH]c1=O. The van der Waals surface area contributed by atoms with Crippen LogP contribution < -0.4 is 21.7 Å². The van der Waals surface area contributed by atoms with Crippen molar-refractivity contribution in [2.24, 2.45) is 11.7 Å². The van der Waals surface area contributed by atoms with Crippen molar-refractivity contribution < 1.29 is 8.42 Å². The third-order valence-corrected chi connectivity index (χ3v) is 5.09. The first-order valence-electron chi connectivity index (χ1n) is 6.48. The molecule has 1 aromatic heterocycles. The van der Waals surface area contributed by atoms with Gasteiger partial charge in [0.25, 0.3) is 5.56 Å². The summed E-state index contributed by atoms with van der Waals surface area (Å²) >= 11 is 0. The van der Waals surface area contributed by atoms with Crippen molar-refractivity contribution in [2.75, 3.05) is 6.54 Å². The highest BCUT2D eigenvalue weighted by atomic mass is 32.2. The van der Waals surface area contributed by atoms with Crippen LogP contribution in [0.2, 0.25) is 0 Å². The summed E-state index contributed by atoms with van der Waals surface area (Å²) < 4.78 is 26.9. The Morgan fingerprint density at radius 1 is 1.30 bits per heavy atom. The fraction of sp³-hybridized carbons (Fsp3) is 0.636. The topological polar surface area (TPSA) is 138 Å². The number of aromatic nitrogens is 2. The van der Waals surface area contributed by atoms with E-state index in [0.717, 1.165) is 25.5 Å². The molecule has 1 saturated carbocycles. The first-order chi connectivity index (χ1) is 9.44. The Kier molecular flexibility index (Phi) is 4.41. The molecule has 1 aliphatic rings. The number of nitrogens with one attached hydrogen (secondary N) is 3. The molecule has 9 heteroatoms. The molecule has 0 radical (unpaired) electrons. The van der Waals surface area contributed by atoms with Crippen molar-refractivity contribution >= 4 is 10.0 Å². The molecule has 112 valence electrons. The summed E-state index contributed by atoms with van der Waals surface area (Å²) in [5, 5.41) is 0. The molecule has 2 atom stereocenters. The van der Waals surface area contributed by atoms with E-state index in [0.29, 0.717) is 13.0 Å². The van der Waals surface area contributed by atoms with Crippen molar-refractivity contribution in [2.45, 2.75) is 36.6 Å². The molecule has 5 N–H and O–H groups in total. The largest absolute Gasteiger partial charge is 0.330 e. The maximum absolute atomic E-state index is 12.2. The van der Waals surface area contributed by atoms with Gasteiger partial charge in [-0.15, -0.1) is 0 Å². The summed E-state index contributed by atoms with van der Waals surface area (Å²) in [7, 11) is -3.97. The van der Waals surface area contributed by atoms with Gasteiger partial charge in [0.1, 0.15) is 0 Å². The van der Waals surface area contributed by atoms with Gasteiger partial charge in [-0.25, -0.2) is 17.9 Å². The lowest BCUT2D eigenvalue weighted by atomic mass is 9.85. The molecule has 0 amide bonds. The highest BCUT2D eigenvalue weighted by molar-refractivity contribution is 7.89. The lowest BCUT2D eigenvalue weighted by Crippen LogP contribution is -2.46. The predicted molar refractivity (Wildman–Crippen MR) is 72.8 cm³/mol. The second-order valence-electron chi connectivity index (χ2n) is 4.94. The second kappa shape index (κ2) is 5.90. The fourth-order valence-corrected chi connectivity index (χ4v) is 3.85. The van der Waals surface area contributed by atoms with Crippen molar-refractivity contribution in [1.29, 1.82) is 0 Å². The van der Waals surface area contributed by atoms with Gasteiger partial charge >= 0.3 is 5.69 Å². The molecule has 0 spiro atoms. The normalized spacial score (nSPS) is 23.6. The van der Waals surface area contributed by atoms with Crippen LogP contribution in [0.3, 0.4) is 0 Å². The summed E-state index contributed by atoms with van der Waals surface area (Å²) in [6, 6.07) is -0.273. The number of hydrogen-bond donors (Lipinski definition) is 4. The van der Waals surface area contributed by atoms with Crippen LogP contribution in [-0.2, 0) is 10.0 Å². The first kappa shape index (κ1) is 14.9. The minimum atomic E-state index is -3.97. The summed E-state index contributed by atoms with van der Waals surface area (Å²) in [6.45, 7) is 0.398. The monoisotopic (exact) mass is 302 g/mol. The van der Waals surface area contributed by atoms with Crippen LogP contribution in [0.25, 0.3) is 0 Å². The molecule has 2 unspecified atom stereocenters. The van der Waals surface area contributed by atoms with Gasteiger partial charge in [0.15, 0.2) is 4.90 Å². The van der Waals surface area contributed by atoms with E-state index >= 15 is 0 Å². The molecule has 1 fully saturated rings. The lowest BCUT2D eigenvalue weighted by molar-refractivity contribution is 0.296. The van der Waals surface area contributed by atoms with E-state index in [9.17, 15) is 18.0 Å². The average molecular weight is 302 g/mol. The molecular weight excluding hydrogens is 284 g/mol. The van der Waals surface area contributed by atoms with Crippen molar-refractivity contribution in [3.8, 4) is 0 Å². The van der Waals surface area contributed by atoms with Crippen LogP contribution in [0.4, 0.5) is 0 Å². The number of hydrogen-bond acceptors (Lipinski definition) is 5. The highest BCUT2D eigenvalue weighted by Gasteiger charge is 2.29. The molecule has 0 aromatic carbocycles. The van der Waals surface area contributed by atoms with Crippen molar-refractivity contribution in [3.05, 3.63) is 27.0 Å². The zero-order chi connectivity index (χ0) is 14.8. The predicted octanol–water partition coefficient (Wildman–Crippen LogP) is -1.14. The zero-order valence-electron chi connectivity index (χ0n) is 10.9. The molecular formula is C11H18N4O4S. The summed E-state index contributed by atoms with van der Waals surface area (Å²) in [6.07, 6.45) is 4.42. The van der Waals surface area contributed by atoms with Gasteiger partial charge in [0.2, 0.25) is 10.0 Å². The van der Waals surface area contributed by atoms with Gasteiger partial charge in [0, 0.05) is 12.2 Å². The molecule has 1 aliphatic carbocycles. The lowest BCUT2D eigenvalue weighted by Gasteiger charge is -2.30. The Morgan fingerprint density at radius 3 is 2.65 bits per heavy atom. The maximum atomic E-state index is 12.2. The minimum absolute atomic E-state index is 0.0698. The Morgan fingerprint density at radius 2 is 2.00 bits per heavy atom. The van der Waals surface area contributed by atoms with Gasteiger partial charge in [-0.3, -0.25) is 9.78 Å². The standard InChI is InChI=1S/C11H18N4O4S/c12-5-7-3-1-2-4-8(7)15-20(18,19)9-6-13-11(17)14-10(9)16/h6-8,15H,1-5,12H2,(H2,13,14,16,17). The van der Waals surface area contributed by atoms with Crippen LogP contribution in [-0.4, -0.2) is 31.0 Å². The second-order valence-corrected chi connectivity index (χ2v) is 6.63. The summed E-state index contributed by atoms with van der Waals surface area (Å²) in [4.78, 5) is 26.0. The van der Waals surface area contributed by atoms with Gasteiger partial charge in [-0.2, -0.15) is 0 Å². The van der Waals surface area contributed by atoms with Gasteiger partial charge in [-0.1, -0.05) is 12.8 Å². The number of nitrogens with two attached hydrogens (primary N) is 1. The van der Waals surface area contributed by atoms with E-state index in [1.54, 1.807) is 0 Å². The zero-order valence-corrected chi connectivity index (χ0v) is 11.7. The maximum Gasteiger partial charge on any atom is 0.325 e. The fourth-order valence-electron chi connectivity index (χ4n) is 2.50. The summed E-state index contributed by atoms with van der Waals surface area (Å²) in [5.74, 6) is 0.0698. The van der Waals surface area contributed by atoms with E-state index < -0.39 is 26.2 Å². The smallest absolute Gasteiger partial charge is 0.325 e. The van der Waals surface area contributed by atoms with Crippen molar-refractivity contribution in [1.82, 2.24) is 14.7 Å². The summed E-state index contributed by atoms with van der Waals surface area (Å²) in [5.41, 5.74) is 3.98. The minimum Gasteiger partial charge on any atom is -0.330 e. The molecule has 1 aromatic rings. The van der Waals surface area contributed by atoms with Crippen LogP contribution >= 0.6 is 0 Å². The Balaban J connectivity index is 2.26. The molecule has 0 saturated heterocycles. The van der Waals surface area contributed by atoms with Crippen molar-refractivity contribution in [3.63, 3.8) is 0 Å². The average Bonchev–Trinajstić information content (AvgIpc) is 2.38. The first-order valence-corrected chi connectivity index (χ1v) is 7.97. The third kappa shape index (κ3) is 3.17. The van der Waals surface area contributed by atoms with E-state index in [1.807, 2.05) is 4.98 Å². The Labute approximate surface area is 115 Å².